The number of imide groups is 1. The maximum Gasteiger partial charge on any atom is 0.308 e. The van der Waals surface area contributed by atoms with E-state index >= 15 is 0 Å². The predicted molar refractivity (Wildman–Crippen MR) is 117 cm³/mol. The lowest BCUT2D eigenvalue weighted by Crippen LogP contribution is -2.49. The first-order valence-electron chi connectivity index (χ1n) is 9.96. The van der Waals surface area contributed by atoms with E-state index in [0.717, 1.165) is 9.21 Å². The third-order valence-corrected chi connectivity index (χ3v) is 6.92. The number of ether oxygens (including phenoxy) is 3. The van der Waals surface area contributed by atoms with Gasteiger partial charge in [-0.1, -0.05) is 18.2 Å². The number of benzene rings is 2. The molecule has 1 saturated heterocycles. The minimum Gasteiger partial charge on any atom is -0.427 e. The van der Waals surface area contributed by atoms with Crippen molar-refractivity contribution < 1.29 is 37.0 Å². The van der Waals surface area contributed by atoms with Crippen molar-refractivity contribution in [2.45, 2.75) is 30.6 Å². The summed E-state index contributed by atoms with van der Waals surface area (Å²) in [4.78, 5) is 38.1. The number of sulfonamides is 1. The Morgan fingerprint density at radius 2 is 1.67 bits per heavy atom. The molecule has 0 spiro atoms. The van der Waals surface area contributed by atoms with Crippen LogP contribution in [0.4, 0.5) is 5.69 Å². The molecular weight excluding hydrogens is 452 g/mol. The van der Waals surface area contributed by atoms with Gasteiger partial charge in [-0.05, 0) is 36.4 Å². The highest BCUT2D eigenvalue weighted by Crippen LogP contribution is 2.30. The summed E-state index contributed by atoms with van der Waals surface area (Å²) in [6.07, 6.45) is -1.31. The van der Waals surface area contributed by atoms with Gasteiger partial charge in [-0.2, -0.15) is 4.31 Å². The highest BCUT2D eigenvalue weighted by molar-refractivity contribution is 7.89. The van der Waals surface area contributed by atoms with E-state index in [-0.39, 0.29) is 29.3 Å². The van der Waals surface area contributed by atoms with E-state index in [9.17, 15) is 22.8 Å². The molecule has 3 rings (SSSR count). The molecule has 1 aliphatic rings. The van der Waals surface area contributed by atoms with Crippen LogP contribution in [0.5, 0.6) is 5.75 Å². The smallest absolute Gasteiger partial charge is 0.308 e. The fraction of sp³-hybridized carbons (Fsp3) is 0.318. The molecule has 1 unspecified atom stereocenters. The summed E-state index contributed by atoms with van der Waals surface area (Å²) in [5.41, 5.74) is 0.232. The molecule has 0 N–H and O–H groups in total. The number of carbonyl (C=O) groups is 3. The number of methoxy groups -OCH3 is 2. The number of nitrogens with zero attached hydrogens (tertiary/aromatic N) is 2. The first-order valence-corrected chi connectivity index (χ1v) is 11.4. The van der Waals surface area contributed by atoms with E-state index in [1.807, 2.05) is 0 Å². The molecule has 176 valence electrons. The summed E-state index contributed by atoms with van der Waals surface area (Å²) in [6.45, 7) is 0.953. The lowest BCUT2D eigenvalue weighted by molar-refractivity contribution is -0.132. The molecule has 1 atom stereocenters. The maximum absolute atomic E-state index is 13.4. The molecule has 0 radical (unpaired) electrons. The van der Waals surface area contributed by atoms with Gasteiger partial charge in [0.15, 0.2) is 6.29 Å². The monoisotopic (exact) mass is 476 g/mol. The lowest BCUT2D eigenvalue weighted by atomic mass is 10.2. The average molecular weight is 477 g/mol. The summed E-state index contributed by atoms with van der Waals surface area (Å²) in [6, 6.07) is 12.1. The van der Waals surface area contributed by atoms with Crippen LogP contribution < -0.4 is 9.64 Å². The van der Waals surface area contributed by atoms with Crippen molar-refractivity contribution in [2.75, 3.05) is 25.7 Å². The van der Waals surface area contributed by atoms with Gasteiger partial charge in [-0.25, -0.2) is 13.3 Å². The predicted octanol–water partition coefficient (Wildman–Crippen LogP) is 1.55. The van der Waals surface area contributed by atoms with Crippen LogP contribution in [0.3, 0.4) is 0 Å². The van der Waals surface area contributed by atoms with Crippen LogP contribution >= 0.6 is 0 Å². The Hall–Kier alpha value is -3.12. The van der Waals surface area contributed by atoms with E-state index in [4.69, 9.17) is 14.2 Å². The van der Waals surface area contributed by atoms with Crippen LogP contribution in [-0.4, -0.2) is 63.6 Å². The quantitative estimate of drug-likeness (QED) is 0.231. The third-order valence-electron chi connectivity index (χ3n) is 5.03. The molecule has 0 aliphatic carbocycles. The molecule has 1 heterocycles. The largest absolute Gasteiger partial charge is 0.427 e. The highest BCUT2D eigenvalue weighted by Gasteiger charge is 2.47. The second-order valence-corrected chi connectivity index (χ2v) is 9.05. The van der Waals surface area contributed by atoms with Crippen LogP contribution in [0.2, 0.25) is 0 Å². The first-order chi connectivity index (χ1) is 15.7. The molecule has 0 saturated carbocycles. The minimum atomic E-state index is -4.17. The number of carbonyl (C=O) groups excluding carboxylic acids is 3. The zero-order valence-electron chi connectivity index (χ0n) is 18.3. The molecule has 2 amide bonds. The Morgan fingerprint density at radius 3 is 2.21 bits per heavy atom. The van der Waals surface area contributed by atoms with Gasteiger partial charge in [0.05, 0.1) is 23.5 Å². The van der Waals surface area contributed by atoms with E-state index in [2.05, 4.69) is 0 Å². The average Bonchev–Trinajstić information content (AvgIpc) is 3.08. The standard InChI is InChI=1S/C22H24N2O8S/c1-15(25)32-17-11-9-16(10-12-17)24-20(26)13-19(22(24)27)23(14-21(30-2)31-3)33(28,29)18-7-5-4-6-8-18/h4-12,19,21H,13-14H2,1-3H3. The van der Waals surface area contributed by atoms with Crippen molar-refractivity contribution in [3.63, 3.8) is 0 Å². The summed E-state index contributed by atoms with van der Waals surface area (Å²) in [5.74, 6) is -1.53. The fourth-order valence-corrected chi connectivity index (χ4v) is 5.04. The fourth-order valence-electron chi connectivity index (χ4n) is 3.45. The van der Waals surface area contributed by atoms with E-state index in [0.29, 0.717) is 0 Å². The Balaban J connectivity index is 1.95. The van der Waals surface area contributed by atoms with Crippen LogP contribution in [0.1, 0.15) is 13.3 Å². The molecule has 2 aromatic rings. The molecule has 1 aliphatic heterocycles. The van der Waals surface area contributed by atoms with Gasteiger partial charge >= 0.3 is 5.97 Å². The number of esters is 1. The molecule has 2 aromatic carbocycles. The Labute approximate surface area is 191 Å². The van der Waals surface area contributed by atoms with Crippen LogP contribution in [0, 0.1) is 0 Å². The van der Waals surface area contributed by atoms with Gasteiger partial charge in [0.1, 0.15) is 11.8 Å². The number of rotatable bonds is 9. The second kappa shape index (κ2) is 10.2. The molecule has 1 fully saturated rings. The zero-order chi connectivity index (χ0) is 24.2. The van der Waals surface area contributed by atoms with Gasteiger partial charge < -0.3 is 14.2 Å². The van der Waals surface area contributed by atoms with Crippen molar-refractivity contribution in [1.82, 2.24) is 4.31 Å². The van der Waals surface area contributed by atoms with Gasteiger partial charge in [-0.3, -0.25) is 14.4 Å². The van der Waals surface area contributed by atoms with E-state index < -0.39 is 40.1 Å². The zero-order valence-corrected chi connectivity index (χ0v) is 19.2. The topological polar surface area (TPSA) is 120 Å². The molecule has 0 aromatic heterocycles. The van der Waals surface area contributed by atoms with Crippen molar-refractivity contribution >= 4 is 33.5 Å². The van der Waals surface area contributed by atoms with Crippen molar-refractivity contribution in [3.05, 3.63) is 54.6 Å². The van der Waals surface area contributed by atoms with Crippen LogP contribution in [0.25, 0.3) is 0 Å². The second-order valence-electron chi connectivity index (χ2n) is 7.16. The van der Waals surface area contributed by atoms with Crippen molar-refractivity contribution in [3.8, 4) is 5.75 Å². The minimum absolute atomic E-state index is 0.0274. The SMILES string of the molecule is COC(CN(C1CC(=O)N(c2ccc(OC(C)=O)cc2)C1=O)S(=O)(=O)c1ccccc1)OC. The molecule has 11 heteroatoms. The maximum atomic E-state index is 13.4. The van der Waals surface area contributed by atoms with Crippen molar-refractivity contribution in [1.29, 1.82) is 0 Å². The normalized spacial score (nSPS) is 16.6. The van der Waals surface area contributed by atoms with Gasteiger partial charge in [0, 0.05) is 21.1 Å². The Morgan fingerprint density at radius 1 is 1.06 bits per heavy atom. The van der Waals surface area contributed by atoms with Gasteiger partial charge in [-0.15, -0.1) is 0 Å². The van der Waals surface area contributed by atoms with Gasteiger partial charge in [0.2, 0.25) is 15.9 Å². The molecule has 10 nitrogen and oxygen atoms in total. The van der Waals surface area contributed by atoms with Gasteiger partial charge in [0.25, 0.3) is 5.91 Å². The first kappa shape index (κ1) is 24.5. The van der Waals surface area contributed by atoms with E-state index in [1.54, 1.807) is 18.2 Å². The number of amides is 2. The Kier molecular flexibility index (Phi) is 7.59. The number of hydrogen-bond acceptors (Lipinski definition) is 8. The molecule has 0 bridgehead atoms. The third kappa shape index (κ3) is 5.28. The molecule has 33 heavy (non-hydrogen) atoms. The van der Waals surface area contributed by atoms with Crippen LogP contribution in [-0.2, 0) is 33.9 Å². The highest BCUT2D eigenvalue weighted by atomic mass is 32.2. The summed E-state index contributed by atoms with van der Waals surface area (Å²) in [7, 11) is -1.47. The Bertz CT molecular complexity index is 1110. The van der Waals surface area contributed by atoms with Crippen molar-refractivity contribution in [2.24, 2.45) is 0 Å². The number of anilines is 1. The van der Waals surface area contributed by atoms with Crippen LogP contribution in [0.15, 0.2) is 59.5 Å². The molecular formula is C22H24N2O8S. The summed E-state index contributed by atoms with van der Waals surface area (Å²) < 4.78 is 43.0. The number of hydrogen-bond donors (Lipinski definition) is 0. The summed E-state index contributed by atoms with van der Waals surface area (Å²) >= 11 is 0. The summed E-state index contributed by atoms with van der Waals surface area (Å²) in [5, 5.41) is 0. The van der Waals surface area contributed by atoms with E-state index in [1.165, 1.54) is 57.5 Å². The lowest BCUT2D eigenvalue weighted by Gasteiger charge is -2.29.